The third kappa shape index (κ3) is 4.44. The molecule has 2 aromatic heterocycles. The fourth-order valence-corrected chi connectivity index (χ4v) is 4.57. The van der Waals surface area contributed by atoms with Crippen LogP contribution in [0.3, 0.4) is 0 Å². The summed E-state index contributed by atoms with van der Waals surface area (Å²) in [6, 6.07) is 19.3. The molecule has 0 unspecified atom stereocenters. The summed E-state index contributed by atoms with van der Waals surface area (Å²) in [5, 5.41) is 9.75. The molecular weight excluding hydrogens is 410 g/mol. The van der Waals surface area contributed by atoms with Crippen molar-refractivity contribution in [2.24, 2.45) is 0 Å². The molecule has 4 rings (SSSR count). The molecule has 0 aliphatic rings. The summed E-state index contributed by atoms with van der Waals surface area (Å²) in [6.45, 7) is 7.95. The minimum atomic E-state index is -0.956. The highest BCUT2D eigenvalue weighted by Gasteiger charge is 2.19. The Labute approximate surface area is 185 Å². The summed E-state index contributed by atoms with van der Waals surface area (Å²) in [5.74, 6) is 0.637. The van der Waals surface area contributed by atoms with E-state index in [-0.39, 0.29) is 17.9 Å². The third-order valence-electron chi connectivity index (χ3n) is 4.69. The van der Waals surface area contributed by atoms with Crippen LogP contribution in [0.25, 0.3) is 26.3 Å². The molecule has 6 heteroatoms. The summed E-state index contributed by atoms with van der Waals surface area (Å²) in [5.41, 5.74) is 2.97. The minimum absolute atomic E-state index is 0.0791. The van der Waals surface area contributed by atoms with Gasteiger partial charge in [0, 0.05) is 10.6 Å². The van der Waals surface area contributed by atoms with Crippen molar-refractivity contribution in [1.29, 1.82) is 0 Å². The van der Waals surface area contributed by atoms with Gasteiger partial charge in [0.15, 0.2) is 0 Å². The Bertz CT molecular complexity index is 1200. The van der Waals surface area contributed by atoms with Crippen molar-refractivity contribution in [2.75, 3.05) is 0 Å². The Hall–Kier alpha value is -3.25. The van der Waals surface area contributed by atoms with Crippen molar-refractivity contribution in [1.82, 2.24) is 4.57 Å². The summed E-state index contributed by atoms with van der Waals surface area (Å²) in [4.78, 5) is 13.0. The van der Waals surface area contributed by atoms with Crippen LogP contribution in [0.4, 0.5) is 0 Å². The average molecular weight is 436 g/mol. The monoisotopic (exact) mass is 435 g/mol. The summed E-state index contributed by atoms with van der Waals surface area (Å²) in [7, 11) is 0. The van der Waals surface area contributed by atoms with E-state index in [2.05, 4.69) is 0 Å². The molecule has 0 radical (unpaired) electrons. The van der Waals surface area contributed by atoms with E-state index < -0.39 is 5.97 Å². The number of aromatic nitrogens is 1. The quantitative estimate of drug-likeness (QED) is 0.354. The Kier molecular flexibility index (Phi) is 5.74. The van der Waals surface area contributed by atoms with E-state index in [9.17, 15) is 9.90 Å². The second-order valence-electron chi connectivity index (χ2n) is 7.88. The van der Waals surface area contributed by atoms with E-state index in [1.165, 1.54) is 0 Å². The van der Waals surface area contributed by atoms with Crippen molar-refractivity contribution in [3.8, 4) is 27.6 Å². The van der Waals surface area contributed by atoms with E-state index in [0.717, 1.165) is 37.8 Å². The Morgan fingerprint density at radius 3 is 1.94 bits per heavy atom. The van der Waals surface area contributed by atoms with Crippen LogP contribution >= 0.6 is 11.3 Å². The number of hydrogen-bond acceptors (Lipinski definition) is 4. The normalized spacial score (nSPS) is 11.4. The van der Waals surface area contributed by atoms with Gasteiger partial charge in [0.05, 0.1) is 22.4 Å². The number of carboxylic acid groups (broad SMARTS) is 1. The molecule has 0 amide bonds. The lowest BCUT2D eigenvalue weighted by atomic mass is 10.2. The molecule has 2 aromatic carbocycles. The second kappa shape index (κ2) is 8.47. The number of benzene rings is 2. The zero-order chi connectivity index (χ0) is 22.1. The molecule has 0 atom stereocenters. The van der Waals surface area contributed by atoms with Crippen molar-refractivity contribution >= 4 is 27.5 Å². The van der Waals surface area contributed by atoms with Gasteiger partial charge in [-0.2, -0.15) is 0 Å². The maximum Gasteiger partial charge on any atom is 0.352 e. The van der Waals surface area contributed by atoms with Gasteiger partial charge in [0.2, 0.25) is 0 Å². The molecule has 1 N–H and O–H groups in total. The number of carboxylic acids is 1. The topological polar surface area (TPSA) is 60.7 Å². The van der Waals surface area contributed by atoms with Crippen LogP contribution in [0.5, 0.6) is 11.5 Å². The van der Waals surface area contributed by atoms with Gasteiger partial charge in [0.25, 0.3) is 0 Å². The summed E-state index contributed by atoms with van der Waals surface area (Å²) in [6.07, 6.45) is 0.206. The van der Waals surface area contributed by atoms with E-state index in [4.69, 9.17) is 9.47 Å². The highest BCUT2D eigenvalue weighted by atomic mass is 32.1. The summed E-state index contributed by atoms with van der Waals surface area (Å²) >= 11 is 1.58. The predicted molar refractivity (Wildman–Crippen MR) is 125 cm³/mol. The fourth-order valence-electron chi connectivity index (χ4n) is 3.49. The van der Waals surface area contributed by atoms with Crippen LogP contribution in [0.1, 0.15) is 38.2 Å². The van der Waals surface area contributed by atoms with Gasteiger partial charge in [0.1, 0.15) is 17.2 Å². The molecule has 160 valence electrons. The largest absolute Gasteiger partial charge is 0.491 e. The van der Waals surface area contributed by atoms with Crippen LogP contribution in [-0.2, 0) is 0 Å². The molecule has 2 heterocycles. The number of rotatable bonds is 7. The zero-order valence-corrected chi connectivity index (χ0v) is 18.8. The first kappa shape index (κ1) is 21.0. The number of hydrogen-bond donors (Lipinski definition) is 1. The van der Waals surface area contributed by atoms with E-state index in [1.807, 2.05) is 82.3 Å². The van der Waals surface area contributed by atoms with E-state index >= 15 is 0 Å². The first-order chi connectivity index (χ1) is 14.8. The molecule has 31 heavy (non-hydrogen) atoms. The third-order valence-corrected chi connectivity index (χ3v) is 5.81. The lowest BCUT2D eigenvalue weighted by Gasteiger charge is -2.12. The molecule has 0 aliphatic carbocycles. The number of thiophene rings is 1. The van der Waals surface area contributed by atoms with Crippen LogP contribution < -0.4 is 9.47 Å². The molecule has 0 aliphatic heterocycles. The SMILES string of the molecule is CC(C)Oc1ccc(-c2cc3c(cc(C(=O)O)n3-c3ccc(OC(C)C)cc3)s2)cc1. The maximum absolute atomic E-state index is 11.9. The van der Waals surface area contributed by atoms with Gasteiger partial charge in [-0.25, -0.2) is 4.79 Å². The van der Waals surface area contributed by atoms with Gasteiger partial charge in [-0.1, -0.05) is 0 Å². The highest BCUT2D eigenvalue weighted by Crippen LogP contribution is 2.37. The molecule has 0 spiro atoms. The van der Waals surface area contributed by atoms with Crippen LogP contribution in [-0.4, -0.2) is 27.9 Å². The van der Waals surface area contributed by atoms with Gasteiger partial charge in [-0.05, 0) is 93.9 Å². The van der Waals surface area contributed by atoms with Gasteiger partial charge in [-0.3, -0.25) is 0 Å². The smallest absolute Gasteiger partial charge is 0.352 e. The number of carbonyl (C=O) groups is 1. The first-order valence-electron chi connectivity index (χ1n) is 10.2. The Balaban J connectivity index is 1.73. The summed E-state index contributed by atoms with van der Waals surface area (Å²) < 4.78 is 14.2. The zero-order valence-electron chi connectivity index (χ0n) is 18.0. The Morgan fingerprint density at radius 2 is 1.42 bits per heavy atom. The average Bonchev–Trinajstić information content (AvgIpc) is 3.26. The molecule has 4 aromatic rings. The van der Waals surface area contributed by atoms with Crippen molar-refractivity contribution in [3.63, 3.8) is 0 Å². The number of fused-ring (bicyclic) bond motifs is 1. The highest BCUT2D eigenvalue weighted by molar-refractivity contribution is 7.22. The van der Waals surface area contributed by atoms with E-state index in [1.54, 1.807) is 22.0 Å². The number of aromatic carboxylic acids is 1. The van der Waals surface area contributed by atoms with Crippen molar-refractivity contribution < 1.29 is 19.4 Å². The number of nitrogens with zero attached hydrogens (tertiary/aromatic N) is 1. The molecule has 0 saturated carbocycles. The fraction of sp³-hybridized carbons (Fsp3) is 0.240. The van der Waals surface area contributed by atoms with Crippen LogP contribution in [0.2, 0.25) is 0 Å². The molecule has 5 nitrogen and oxygen atoms in total. The van der Waals surface area contributed by atoms with Crippen molar-refractivity contribution in [3.05, 3.63) is 66.4 Å². The van der Waals surface area contributed by atoms with Gasteiger partial charge in [-0.15, -0.1) is 11.3 Å². The van der Waals surface area contributed by atoms with E-state index in [0.29, 0.717) is 0 Å². The molecule has 0 saturated heterocycles. The standard InChI is InChI=1S/C25H25NO4S/c1-15(2)29-19-9-5-17(6-10-19)23-13-21-24(31-23)14-22(25(27)28)26(21)18-7-11-20(12-8-18)30-16(3)4/h5-16H,1-4H3,(H,27,28). The van der Waals surface area contributed by atoms with Gasteiger partial charge < -0.3 is 19.1 Å². The lowest BCUT2D eigenvalue weighted by molar-refractivity contribution is 0.0688. The van der Waals surface area contributed by atoms with Crippen molar-refractivity contribution in [2.45, 2.75) is 39.9 Å². The Morgan fingerprint density at radius 1 is 0.871 bits per heavy atom. The molecule has 0 bridgehead atoms. The lowest BCUT2D eigenvalue weighted by Crippen LogP contribution is -2.07. The maximum atomic E-state index is 11.9. The van der Waals surface area contributed by atoms with Crippen LogP contribution in [0, 0.1) is 0 Å². The first-order valence-corrected chi connectivity index (χ1v) is 11.1. The predicted octanol–water partition coefficient (Wildman–Crippen LogP) is 6.63. The second-order valence-corrected chi connectivity index (χ2v) is 8.97. The van der Waals surface area contributed by atoms with Crippen LogP contribution in [0.15, 0.2) is 60.7 Å². The molecular formula is C25H25NO4S. The minimum Gasteiger partial charge on any atom is -0.491 e. The van der Waals surface area contributed by atoms with Gasteiger partial charge >= 0.3 is 5.97 Å². The number of ether oxygens (including phenoxy) is 2. The molecule has 0 fully saturated rings.